The van der Waals surface area contributed by atoms with Crippen molar-refractivity contribution in [3.8, 4) is 0 Å². The number of hydrogen-bond acceptors (Lipinski definition) is 4. The molecule has 4 saturated heterocycles. The highest BCUT2D eigenvalue weighted by molar-refractivity contribution is 4.68. The van der Waals surface area contributed by atoms with E-state index in [-0.39, 0.29) is 34.1 Å². The van der Waals surface area contributed by atoms with Gasteiger partial charge in [0.1, 0.15) is 12.3 Å². The quantitative estimate of drug-likeness (QED) is 0.329. The molecule has 4 aliphatic heterocycles. The largest absolute Gasteiger partial charge is 0.381 e. The molecule has 0 amide bonds. The molecule has 35 heavy (non-hydrogen) atoms. The van der Waals surface area contributed by atoms with Crippen LogP contribution in [-0.2, 0) is 18.9 Å². The summed E-state index contributed by atoms with van der Waals surface area (Å²) in [6.45, 7) is 18.9. The zero-order chi connectivity index (χ0) is 23.9. The lowest BCUT2D eigenvalue weighted by Gasteiger charge is -2.24. The molecule has 4 heterocycles. The Kier molecular flexibility index (Phi) is 25.6. The van der Waals surface area contributed by atoms with Gasteiger partial charge in [-0.3, -0.25) is 0 Å². The van der Waals surface area contributed by atoms with Crippen LogP contribution in [-0.4, -0.2) is 65.2 Å². The predicted octanol–water partition coefficient (Wildman–Crippen LogP) is 8.03. The average molecular weight is 513 g/mol. The summed E-state index contributed by atoms with van der Waals surface area (Å²) >= 11 is 0. The van der Waals surface area contributed by atoms with Crippen LogP contribution >= 0.6 is 0 Å². The number of hydrogen-bond donors (Lipinski definition) is 0. The average Bonchev–Trinajstić information content (AvgIpc) is 2.78. The molecular weight excluding hydrogens is 450 g/mol. The first kappa shape index (κ1) is 39.2. The molecule has 4 aliphatic rings. The molecule has 4 rings (SSSR count). The minimum atomic E-state index is -0.719. The Morgan fingerprint density at radius 1 is 0.400 bits per heavy atom. The van der Waals surface area contributed by atoms with E-state index in [1.54, 1.807) is 0 Å². The summed E-state index contributed by atoms with van der Waals surface area (Å²) in [6.07, 6.45) is 2.82. The third-order valence-electron chi connectivity index (χ3n) is 7.36. The smallest absolute Gasteiger partial charge is 0.126 e. The Balaban J connectivity index is -0.000000379. The minimum Gasteiger partial charge on any atom is -0.381 e. The Morgan fingerprint density at radius 2 is 0.657 bits per heavy atom. The van der Waals surface area contributed by atoms with Crippen LogP contribution in [0.4, 0.5) is 8.78 Å². The molecule has 0 aromatic carbocycles. The molecule has 216 valence electrons. The topological polar surface area (TPSA) is 36.9 Å². The van der Waals surface area contributed by atoms with Gasteiger partial charge in [-0.25, -0.2) is 8.78 Å². The SMILES string of the molecule is C.C.C.CC1CCOCC1C.CC1CCOCC1C.CC1CCOCC1F.CC1CCOCC1F. The zero-order valence-electron chi connectivity index (χ0n) is 21.5. The van der Waals surface area contributed by atoms with Crippen molar-refractivity contribution >= 4 is 0 Å². The van der Waals surface area contributed by atoms with Crippen LogP contribution in [0.25, 0.3) is 0 Å². The predicted molar refractivity (Wildman–Crippen MR) is 147 cm³/mol. The molecule has 6 heteroatoms. The molecule has 8 atom stereocenters. The van der Waals surface area contributed by atoms with E-state index >= 15 is 0 Å². The highest BCUT2D eigenvalue weighted by Gasteiger charge is 2.21. The van der Waals surface area contributed by atoms with Crippen LogP contribution in [0.1, 0.15) is 89.5 Å². The molecule has 0 aromatic heterocycles. The third-order valence-corrected chi connectivity index (χ3v) is 7.36. The van der Waals surface area contributed by atoms with Gasteiger partial charge in [0, 0.05) is 39.6 Å². The second kappa shape index (κ2) is 22.9. The van der Waals surface area contributed by atoms with Gasteiger partial charge in [-0.15, -0.1) is 0 Å². The Morgan fingerprint density at radius 3 is 0.800 bits per heavy atom. The molecule has 4 nitrogen and oxygen atoms in total. The maximum Gasteiger partial charge on any atom is 0.126 e. The lowest BCUT2D eigenvalue weighted by molar-refractivity contribution is 0.00450. The summed E-state index contributed by atoms with van der Waals surface area (Å²) in [5.41, 5.74) is 0. The number of alkyl halides is 2. The van der Waals surface area contributed by atoms with Gasteiger partial charge in [-0.2, -0.15) is 0 Å². The van der Waals surface area contributed by atoms with E-state index in [0.29, 0.717) is 13.2 Å². The van der Waals surface area contributed by atoms with Crippen LogP contribution < -0.4 is 0 Å². The second-order valence-corrected chi connectivity index (χ2v) is 10.4. The van der Waals surface area contributed by atoms with E-state index in [4.69, 9.17) is 18.9 Å². The highest BCUT2D eigenvalue weighted by Crippen LogP contribution is 2.20. The van der Waals surface area contributed by atoms with E-state index in [9.17, 15) is 8.78 Å². The van der Waals surface area contributed by atoms with Gasteiger partial charge in [-0.1, -0.05) is 63.8 Å². The van der Waals surface area contributed by atoms with Crippen molar-refractivity contribution in [3.05, 3.63) is 0 Å². The number of rotatable bonds is 0. The normalized spacial score (nSPS) is 36.3. The number of ether oxygens (including phenoxy) is 4. The van der Waals surface area contributed by atoms with Gasteiger partial charge in [0.05, 0.1) is 13.2 Å². The molecular formula is C29H62F2O4. The van der Waals surface area contributed by atoms with Gasteiger partial charge in [-0.05, 0) is 61.2 Å². The lowest BCUT2D eigenvalue weighted by atomic mass is 9.92. The Bertz CT molecular complexity index is 334. The maximum absolute atomic E-state index is 12.5. The summed E-state index contributed by atoms with van der Waals surface area (Å²) in [5, 5.41) is 0. The fourth-order valence-electron chi connectivity index (χ4n) is 3.59. The summed E-state index contributed by atoms with van der Waals surface area (Å²) < 4.78 is 45.2. The van der Waals surface area contributed by atoms with Crippen molar-refractivity contribution < 1.29 is 27.7 Å². The van der Waals surface area contributed by atoms with Crippen molar-refractivity contribution in [1.29, 1.82) is 0 Å². The van der Waals surface area contributed by atoms with Crippen molar-refractivity contribution in [2.45, 2.75) is 102 Å². The first-order valence-electron chi connectivity index (χ1n) is 12.8. The fourth-order valence-corrected chi connectivity index (χ4v) is 3.59. The van der Waals surface area contributed by atoms with Crippen LogP contribution in [0, 0.1) is 35.5 Å². The lowest BCUT2D eigenvalue weighted by Crippen LogP contribution is -2.26. The van der Waals surface area contributed by atoms with E-state index in [1.165, 1.54) is 12.8 Å². The van der Waals surface area contributed by atoms with E-state index in [1.807, 2.05) is 13.8 Å². The van der Waals surface area contributed by atoms with Crippen molar-refractivity contribution in [1.82, 2.24) is 0 Å². The molecule has 0 N–H and O–H groups in total. The third kappa shape index (κ3) is 17.7. The molecule has 0 radical (unpaired) electrons. The van der Waals surface area contributed by atoms with Crippen LogP contribution in [0.3, 0.4) is 0 Å². The summed E-state index contributed by atoms with van der Waals surface area (Å²) in [5.74, 6) is 3.74. The Labute approximate surface area is 218 Å². The zero-order valence-corrected chi connectivity index (χ0v) is 21.5. The maximum atomic E-state index is 12.5. The molecule has 0 bridgehead atoms. The molecule has 0 saturated carbocycles. The molecule has 0 spiro atoms. The van der Waals surface area contributed by atoms with Crippen molar-refractivity contribution in [2.75, 3.05) is 52.9 Å². The van der Waals surface area contributed by atoms with Gasteiger partial charge >= 0.3 is 0 Å². The molecule has 8 unspecified atom stereocenters. The van der Waals surface area contributed by atoms with E-state index < -0.39 is 12.3 Å². The molecule has 4 fully saturated rings. The highest BCUT2D eigenvalue weighted by atomic mass is 19.1. The standard InChI is InChI=1S/2C7H14O.2C6H11FO.3CH4/c2*1-6-3-4-8-5-7(6)2;2*1-5-2-3-8-4-6(5)7;;;/h2*6-7H,3-5H2,1-2H3;2*5-6H,2-4H2,1H3;3*1H4. The summed E-state index contributed by atoms with van der Waals surface area (Å²) in [6, 6.07) is 0. The van der Waals surface area contributed by atoms with Crippen molar-refractivity contribution in [3.63, 3.8) is 0 Å². The number of halogens is 2. The first-order valence-corrected chi connectivity index (χ1v) is 12.8. The summed E-state index contributed by atoms with van der Waals surface area (Å²) in [7, 11) is 0. The van der Waals surface area contributed by atoms with Crippen LogP contribution in [0.15, 0.2) is 0 Å². The van der Waals surface area contributed by atoms with Gasteiger partial charge in [0.2, 0.25) is 0 Å². The van der Waals surface area contributed by atoms with Crippen molar-refractivity contribution in [2.24, 2.45) is 35.5 Å². The summed E-state index contributed by atoms with van der Waals surface area (Å²) in [4.78, 5) is 0. The van der Waals surface area contributed by atoms with Gasteiger partial charge in [0.25, 0.3) is 0 Å². The monoisotopic (exact) mass is 512 g/mol. The van der Waals surface area contributed by atoms with E-state index in [0.717, 1.165) is 76.2 Å². The second-order valence-electron chi connectivity index (χ2n) is 10.4. The van der Waals surface area contributed by atoms with Gasteiger partial charge in [0.15, 0.2) is 0 Å². The Hall–Kier alpha value is -0.300. The molecule has 0 aromatic rings. The first-order chi connectivity index (χ1) is 15.2. The minimum absolute atomic E-state index is 0. The van der Waals surface area contributed by atoms with E-state index in [2.05, 4.69) is 27.7 Å². The van der Waals surface area contributed by atoms with Gasteiger partial charge < -0.3 is 18.9 Å². The fraction of sp³-hybridized carbons (Fsp3) is 1.00. The molecule has 0 aliphatic carbocycles. The van der Waals surface area contributed by atoms with Crippen LogP contribution in [0.2, 0.25) is 0 Å². The van der Waals surface area contributed by atoms with Crippen LogP contribution in [0.5, 0.6) is 0 Å².